The molecular formula is C35H50N5O6P. The van der Waals surface area contributed by atoms with Crippen LogP contribution in [0.15, 0.2) is 40.6 Å². The zero-order valence-corrected chi connectivity index (χ0v) is 30.4. The lowest BCUT2D eigenvalue weighted by Crippen LogP contribution is -2.45. The summed E-state index contributed by atoms with van der Waals surface area (Å²) < 4.78 is 24.4. The first-order valence-electron chi connectivity index (χ1n) is 16.2. The van der Waals surface area contributed by atoms with E-state index >= 15 is 0 Å². The molecule has 0 amide bonds. The number of nitro benzene ring substituents is 1. The molecule has 2 aromatic rings. The number of nitrogens with zero attached hydrogens (tertiary/aromatic N) is 5. The number of azo groups is 1. The molecule has 0 saturated carbocycles. The molecule has 1 heterocycles. The molecule has 256 valence electrons. The van der Waals surface area contributed by atoms with E-state index in [1.165, 1.54) is 18.2 Å². The molecule has 0 aliphatic carbocycles. The van der Waals surface area contributed by atoms with Gasteiger partial charge in [0.2, 0.25) is 0 Å². The molecular weight excluding hydrogens is 617 g/mol. The third-order valence-corrected chi connectivity index (χ3v) is 10.7. The lowest BCUT2D eigenvalue weighted by Gasteiger charge is -2.44. The van der Waals surface area contributed by atoms with Crippen molar-refractivity contribution in [3.8, 4) is 17.6 Å². The van der Waals surface area contributed by atoms with Crippen LogP contribution in [0.1, 0.15) is 85.8 Å². The number of nitro groups is 1. The highest BCUT2D eigenvalue weighted by Gasteiger charge is 2.35. The number of nitriles is 1. The van der Waals surface area contributed by atoms with E-state index in [1.54, 1.807) is 14.2 Å². The van der Waals surface area contributed by atoms with Crippen LogP contribution in [-0.4, -0.2) is 50.1 Å². The molecule has 1 aliphatic rings. The Kier molecular flexibility index (Phi) is 13.7. The van der Waals surface area contributed by atoms with Crippen LogP contribution in [0.3, 0.4) is 0 Å². The lowest BCUT2D eigenvalue weighted by atomic mass is 9.87. The van der Waals surface area contributed by atoms with Crippen LogP contribution in [0.4, 0.5) is 22.7 Å². The van der Waals surface area contributed by atoms with Crippen LogP contribution < -0.4 is 14.4 Å². The first-order valence-corrected chi connectivity index (χ1v) is 17.5. The van der Waals surface area contributed by atoms with E-state index in [0.29, 0.717) is 47.9 Å². The minimum atomic E-state index is -0.976. The summed E-state index contributed by atoms with van der Waals surface area (Å²) in [5.41, 5.74) is 3.39. The van der Waals surface area contributed by atoms with E-state index in [0.717, 1.165) is 42.6 Å². The van der Waals surface area contributed by atoms with Gasteiger partial charge in [-0.1, -0.05) is 40.7 Å². The first-order chi connectivity index (χ1) is 22.3. The third kappa shape index (κ3) is 9.07. The topological polar surface area (TPSA) is 132 Å². The summed E-state index contributed by atoms with van der Waals surface area (Å²) in [4.78, 5) is 13.0. The standard InChI is InChI=1S/C35H50N5O6P/c1-11-17-45-47(34(23(2)3)24(4)5)46-18-13-12-16-39-29-20-30(43-9)32(33(44-10)31(29)25(6)21-35(39,7)8)38-37-28-15-14-27(40(41)42)19-26(28)22-36/h14-15,19-21,23-24,34H,11-13,16-18H2,1-10H3/b38-37+. The number of fused-ring (bicyclic) bond motifs is 1. The number of hydrogen-bond acceptors (Lipinski definition) is 10. The summed E-state index contributed by atoms with van der Waals surface area (Å²) in [7, 11) is 2.16. The number of non-ortho nitro benzene ring substituents is 1. The number of benzene rings is 2. The zero-order valence-electron chi connectivity index (χ0n) is 29.5. The maximum absolute atomic E-state index is 11.2. The van der Waals surface area contributed by atoms with Crippen molar-refractivity contribution in [2.45, 2.75) is 85.9 Å². The number of rotatable bonds is 17. The predicted octanol–water partition coefficient (Wildman–Crippen LogP) is 10.1. The van der Waals surface area contributed by atoms with Crippen molar-refractivity contribution >= 4 is 36.7 Å². The Morgan fingerprint density at radius 3 is 2.30 bits per heavy atom. The Labute approximate surface area is 281 Å². The number of allylic oxidation sites excluding steroid dienone is 1. The summed E-state index contributed by atoms with van der Waals surface area (Å²) in [6, 6.07) is 7.79. The minimum absolute atomic E-state index is 0.0419. The largest absolute Gasteiger partial charge is 0.494 e. The Morgan fingerprint density at radius 2 is 1.72 bits per heavy atom. The quantitative estimate of drug-likeness (QED) is 0.0535. The highest BCUT2D eigenvalue weighted by Crippen LogP contribution is 2.53. The van der Waals surface area contributed by atoms with E-state index in [2.05, 4.69) is 69.7 Å². The zero-order chi connectivity index (χ0) is 34.9. The number of methoxy groups -OCH3 is 2. The summed E-state index contributed by atoms with van der Waals surface area (Å²) in [6.45, 7) is 19.7. The van der Waals surface area contributed by atoms with Gasteiger partial charge in [-0.05, 0) is 63.5 Å². The van der Waals surface area contributed by atoms with E-state index in [-0.39, 0.29) is 22.5 Å². The van der Waals surface area contributed by atoms with Crippen molar-refractivity contribution in [1.29, 1.82) is 5.26 Å². The molecule has 0 aromatic heterocycles. The molecule has 1 unspecified atom stereocenters. The Balaban J connectivity index is 1.89. The van der Waals surface area contributed by atoms with Crippen molar-refractivity contribution in [3.05, 3.63) is 51.6 Å². The second kappa shape index (κ2) is 17.0. The van der Waals surface area contributed by atoms with E-state index < -0.39 is 13.3 Å². The molecule has 3 rings (SSSR count). The molecule has 0 fully saturated rings. The minimum Gasteiger partial charge on any atom is -0.494 e. The fourth-order valence-corrected chi connectivity index (χ4v) is 8.21. The molecule has 47 heavy (non-hydrogen) atoms. The van der Waals surface area contributed by atoms with Gasteiger partial charge >= 0.3 is 0 Å². The number of hydrogen-bond donors (Lipinski definition) is 0. The van der Waals surface area contributed by atoms with E-state index in [4.69, 9.17) is 18.5 Å². The average molecular weight is 668 g/mol. The van der Waals surface area contributed by atoms with Gasteiger partial charge in [0.1, 0.15) is 11.8 Å². The molecule has 1 aliphatic heterocycles. The summed E-state index contributed by atoms with van der Waals surface area (Å²) >= 11 is 0. The maximum atomic E-state index is 11.2. The Morgan fingerprint density at radius 1 is 1.04 bits per heavy atom. The van der Waals surface area contributed by atoms with Crippen LogP contribution >= 0.6 is 8.38 Å². The van der Waals surface area contributed by atoms with Crippen LogP contribution in [-0.2, 0) is 9.05 Å². The number of unbranched alkanes of at least 4 members (excludes halogenated alkanes) is 1. The Hall–Kier alpha value is -3.58. The maximum Gasteiger partial charge on any atom is 0.270 e. The summed E-state index contributed by atoms with van der Waals surface area (Å²) in [5.74, 6) is 1.91. The third-order valence-electron chi connectivity index (χ3n) is 8.17. The highest BCUT2D eigenvalue weighted by molar-refractivity contribution is 7.48. The van der Waals surface area contributed by atoms with Crippen LogP contribution in [0.5, 0.6) is 11.5 Å². The van der Waals surface area contributed by atoms with Gasteiger partial charge in [-0.2, -0.15) is 5.26 Å². The van der Waals surface area contributed by atoms with Gasteiger partial charge in [-0.25, -0.2) is 0 Å². The van der Waals surface area contributed by atoms with Crippen molar-refractivity contribution in [2.75, 3.05) is 38.9 Å². The van der Waals surface area contributed by atoms with Gasteiger partial charge in [0.15, 0.2) is 25.6 Å². The smallest absolute Gasteiger partial charge is 0.270 e. The molecule has 2 aromatic carbocycles. The summed E-state index contributed by atoms with van der Waals surface area (Å²) in [5, 5.41) is 29.5. The van der Waals surface area contributed by atoms with E-state index in [1.807, 2.05) is 19.1 Å². The lowest BCUT2D eigenvalue weighted by molar-refractivity contribution is -0.384. The van der Waals surface area contributed by atoms with E-state index in [9.17, 15) is 15.4 Å². The van der Waals surface area contributed by atoms with Crippen LogP contribution in [0.2, 0.25) is 0 Å². The molecule has 0 spiro atoms. The van der Waals surface area contributed by atoms with Crippen molar-refractivity contribution < 1.29 is 23.4 Å². The highest BCUT2D eigenvalue weighted by atomic mass is 31.2. The average Bonchev–Trinajstić information content (AvgIpc) is 3.01. The van der Waals surface area contributed by atoms with Gasteiger partial charge in [0.05, 0.1) is 49.1 Å². The Bertz CT molecular complexity index is 1490. The first kappa shape index (κ1) is 37.9. The van der Waals surface area contributed by atoms with Crippen molar-refractivity contribution in [3.63, 3.8) is 0 Å². The number of ether oxygens (including phenoxy) is 2. The number of anilines is 1. The van der Waals surface area contributed by atoms with Gasteiger partial charge in [0.25, 0.3) is 5.69 Å². The second-order valence-electron chi connectivity index (χ2n) is 12.9. The molecule has 1 atom stereocenters. The molecule has 0 radical (unpaired) electrons. The van der Waals surface area contributed by atoms with Gasteiger partial charge in [-0.15, -0.1) is 10.2 Å². The fourth-order valence-electron chi connectivity index (χ4n) is 6.15. The van der Waals surface area contributed by atoms with Crippen LogP contribution in [0, 0.1) is 33.3 Å². The second-order valence-corrected chi connectivity index (χ2v) is 14.6. The molecule has 12 heteroatoms. The predicted molar refractivity (Wildman–Crippen MR) is 188 cm³/mol. The van der Waals surface area contributed by atoms with Gasteiger partial charge in [0, 0.05) is 36.0 Å². The fraction of sp³-hybridized carbons (Fsp3) is 0.571. The van der Waals surface area contributed by atoms with Crippen molar-refractivity contribution in [1.82, 2.24) is 0 Å². The monoisotopic (exact) mass is 667 g/mol. The van der Waals surface area contributed by atoms with Crippen molar-refractivity contribution in [2.24, 2.45) is 22.1 Å². The molecule has 0 N–H and O–H groups in total. The summed E-state index contributed by atoms with van der Waals surface area (Å²) in [6.07, 6.45) is 4.98. The molecule has 11 nitrogen and oxygen atoms in total. The SMILES string of the molecule is CCCOP(OCCCCN1c2cc(OC)c(/N=N/c3ccc([N+](=O)[O-])cc3C#N)c(OC)c2C(C)=CC1(C)C)C(C(C)C)C(C)C. The normalized spacial score (nSPS) is 14.8. The van der Waals surface area contributed by atoms with Gasteiger partial charge in [-0.3, -0.25) is 10.1 Å². The van der Waals surface area contributed by atoms with Crippen LogP contribution in [0.25, 0.3) is 5.57 Å². The molecule has 0 bridgehead atoms. The van der Waals surface area contributed by atoms with Gasteiger partial charge < -0.3 is 23.4 Å². The molecule has 0 saturated heterocycles.